The van der Waals surface area contributed by atoms with E-state index in [9.17, 15) is 14.0 Å². The second-order valence-electron chi connectivity index (χ2n) is 5.00. The Morgan fingerprint density at radius 2 is 2.10 bits per heavy atom. The summed E-state index contributed by atoms with van der Waals surface area (Å²) in [6.45, 7) is 0. The molecule has 6 heteroatoms. The molecule has 20 heavy (non-hydrogen) atoms. The molecule has 2 N–H and O–H groups in total. The first-order valence-electron chi connectivity index (χ1n) is 6.46. The summed E-state index contributed by atoms with van der Waals surface area (Å²) in [5.74, 6) is -1.94. The SMILES string of the molecule is O=C(NC1CCCC(C(=O)O)C1)c1ccc(F)c(Br)c1. The Labute approximate surface area is 124 Å². The first-order chi connectivity index (χ1) is 9.47. The molecule has 1 aliphatic carbocycles. The van der Waals surface area contributed by atoms with Gasteiger partial charge in [0.25, 0.3) is 5.91 Å². The van der Waals surface area contributed by atoms with Crippen molar-refractivity contribution in [1.82, 2.24) is 5.32 Å². The molecule has 108 valence electrons. The molecule has 1 saturated carbocycles. The summed E-state index contributed by atoms with van der Waals surface area (Å²) in [5, 5.41) is 11.8. The van der Waals surface area contributed by atoms with Crippen LogP contribution in [0.4, 0.5) is 4.39 Å². The van der Waals surface area contributed by atoms with Gasteiger partial charge in [0.05, 0.1) is 10.4 Å². The van der Waals surface area contributed by atoms with E-state index in [4.69, 9.17) is 5.11 Å². The number of hydrogen-bond donors (Lipinski definition) is 2. The van der Waals surface area contributed by atoms with Crippen molar-refractivity contribution >= 4 is 27.8 Å². The van der Waals surface area contributed by atoms with Crippen LogP contribution in [0.3, 0.4) is 0 Å². The minimum atomic E-state index is -0.812. The van der Waals surface area contributed by atoms with Crippen molar-refractivity contribution < 1.29 is 19.1 Å². The third-order valence-electron chi connectivity index (χ3n) is 3.54. The second kappa shape index (κ2) is 6.35. The average Bonchev–Trinajstić information content (AvgIpc) is 2.42. The van der Waals surface area contributed by atoms with Crippen LogP contribution in [0.5, 0.6) is 0 Å². The number of halogens is 2. The molecule has 1 aromatic carbocycles. The molecular weight excluding hydrogens is 329 g/mol. The van der Waals surface area contributed by atoms with Crippen LogP contribution in [0, 0.1) is 11.7 Å². The van der Waals surface area contributed by atoms with Crippen LogP contribution in [0.2, 0.25) is 0 Å². The fourth-order valence-electron chi connectivity index (χ4n) is 2.45. The minimum Gasteiger partial charge on any atom is -0.481 e. The van der Waals surface area contributed by atoms with Gasteiger partial charge in [0.1, 0.15) is 5.82 Å². The summed E-state index contributed by atoms with van der Waals surface area (Å²) in [4.78, 5) is 23.0. The average molecular weight is 344 g/mol. The van der Waals surface area contributed by atoms with Crippen molar-refractivity contribution in [3.8, 4) is 0 Å². The number of carbonyl (C=O) groups excluding carboxylic acids is 1. The summed E-state index contributed by atoms with van der Waals surface area (Å²) in [5.41, 5.74) is 0.357. The second-order valence-corrected chi connectivity index (χ2v) is 5.86. The van der Waals surface area contributed by atoms with Crippen molar-refractivity contribution in [1.29, 1.82) is 0 Å². The van der Waals surface area contributed by atoms with Crippen LogP contribution in [0.15, 0.2) is 22.7 Å². The van der Waals surface area contributed by atoms with Crippen LogP contribution in [0.1, 0.15) is 36.0 Å². The highest BCUT2D eigenvalue weighted by molar-refractivity contribution is 9.10. The van der Waals surface area contributed by atoms with E-state index < -0.39 is 17.7 Å². The van der Waals surface area contributed by atoms with Gasteiger partial charge in [-0.15, -0.1) is 0 Å². The molecule has 4 nitrogen and oxygen atoms in total. The number of rotatable bonds is 3. The molecule has 0 saturated heterocycles. The summed E-state index contributed by atoms with van der Waals surface area (Å²) >= 11 is 3.04. The predicted molar refractivity (Wildman–Crippen MR) is 74.9 cm³/mol. The minimum absolute atomic E-state index is 0.138. The van der Waals surface area contributed by atoms with Crippen LogP contribution in [0.25, 0.3) is 0 Å². The van der Waals surface area contributed by atoms with E-state index in [0.717, 1.165) is 12.8 Å². The van der Waals surface area contributed by atoms with Gasteiger partial charge in [-0.3, -0.25) is 9.59 Å². The van der Waals surface area contributed by atoms with Gasteiger partial charge in [-0.05, 0) is 53.4 Å². The quantitative estimate of drug-likeness (QED) is 0.886. The molecule has 0 aromatic heterocycles. The van der Waals surface area contributed by atoms with Crippen molar-refractivity contribution in [2.24, 2.45) is 5.92 Å². The van der Waals surface area contributed by atoms with E-state index in [2.05, 4.69) is 21.2 Å². The highest BCUT2D eigenvalue weighted by Gasteiger charge is 2.28. The summed E-state index contributed by atoms with van der Waals surface area (Å²) in [6.07, 6.45) is 2.67. The Balaban J connectivity index is 2.00. The molecule has 1 aromatic rings. The Hall–Kier alpha value is -1.43. The van der Waals surface area contributed by atoms with Crippen molar-refractivity contribution in [2.75, 3.05) is 0 Å². The number of carboxylic acid groups (broad SMARTS) is 1. The zero-order valence-electron chi connectivity index (χ0n) is 10.7. The highest BCUT2D eigenvalue weighted by Crippen LogP contribution is 2.25. The summed E-state index contributed by atoms with van der Waals surface area (Å²) in [6, 6.07) is 3.91. The van der Waals surface area contributed by atoms with Gasteiger partial charge in [0.2, 0.25) is 0 Å². The molecule has 2 unspecified atom stereocenters. The van der Waals surface area contributed by atoms with Crippen molar-refractivity contribution in [3.05, 3.63) is 34.1 Å². The lowest BCUT2D eigenvalue weighted by Crippen LogP contribution is -2.39. The lowest BCUT2D eigenvalue weighted by atomic mass is 9.85. The molecule has 0 heterocycles. The van der Waals surface area contributed by atoms with Crippen molar-refractivity contribution in [2.45, 2.75) is 31.7 Å². The molecular formula is C14H15BrFNO3. The molecule has 1 fully saturated rings. The molecule has 2 rings (SSSR count). The third kappa shape index (κ3) is 3.56. The largest absolute Gasteiger partial charge is 0.481 e. The molecule has 2 atom stereocenters. The number of carbonyl (C=O) groups is 2. The third-order valence-corrected chi connectivity index (χ3v) is 4.15. The monoisotopic (exact) mass is 343 g/mol. The normalized spacial score (nSPS) is 22.3. The molecule has 0 bridgehead atoms. The maximum Gasteiger partial charge on any atom is 0.306 e. The number of amides is 1. The molecule has 1 aliphatic rings. The summed E-state index contributed by atoms with van der Waals surface area (Å²) < 4.78 is 13.4. The Kier molecular flexibility index (Phi) is 4.75. The Morgan fingerprint density at radius 1 is 1.35 bits per heavy atom. The van der Waals surface area contributed by atoms with Gasteiger partial charge in [0.15, 0.2) is 0 Å². The lowest BCUT2D eigenvalue weighted by molar-refractivity contribution is -0.143. The fraction of sp³-hybridized carbons (Fsp3) is 0.429. The van der Waals surface area contributed by atoms with Crippen LogP contribution in [-0.2, 0) is 4.79 Å². The van der Waals surface area contributed by atoms with E-state index in [1.54, 1.807) is 0 Å². The lowest BCUT2D eigenvalue weighted by Gasteiger charge is -2.27. The van der Waals surface area contributed by atoms with E-state index in [1.165, 1.54) is 18.2 Å². The van der Waals surface area contributed by atoms with Gasteiger partial charge in [-0.1, -0.05) is 6.42 Å². The number of carboxylic acids is 1. The van der Waals surface area contributed by atoms with Crippen LogP contribution >= 0.6 is 15.9 Å². The van der Waals surface area contributed by atoms with Gasteiger partial charge in [0, 0.05) is 11.6 Å². The zero-order valence-corrected chi connectivity index (χ0v) is 12.3. The van der Waals surface area contributed by atoms with Crippen molar-refractivity contribution in [3.63, 3.8) is 0 Å². The van der Waals surface area contributed by atoms with E-state index >= 15 is 0 Å². The van der Waals surface area contributed by atoms with Crippen LogP contribution < -0.4 is 5.32 Å². The maximum absolute atomic E-state index is 13.1. The van der Waals surface area contributed by atoms with E-state index in [-0.39, 0.29) is 16.4 Å². The molecule has 0 aliphatic heterocycles. The maximum atomic E-state index is 13.1. The number of hydrogen-bond acceptors (Lipinski definition) is 2. The topological polar surface area (TPSA) is 66.4 Å². The number of benzene rings is 1. The highest BCUT2D eigenvalue weighted by atomic mass is 79.9. The Morgan fingerprint density at radius 3 is 2.75 bits per heavy atom. The van der Waals surface area contributed by atoms with Gasteiger partial charge in [-0.2, -0.15) is 0 Å². The smallest absolute Gasteiger partial charge is 0.306 e. The molecule has 1 amide bonds. The van der Waals surface area contributed by atoms with Gasteiger partial charge in [-0.25, -0.2) is 4.39 Å². The van der Waals surface area contributed by atoms with Gasteiger partial charge >= 0.3 is 5.97 Å². The predicted octanol–water partition coefficient (Wildman–Crippen LogP) is 2.96. The van der Waals surface area contributed by atoms with Crippen LogP contribution in [-0.4, -0.2) is 23.0 Å². The zero-order chi connectivity index (χ0) is 14.7. The number of aliphatic carboxylic acids is 1. The van der Waals surface area contributed by atoms with E-state index in [1.807, 2.05) is 0 Å². The Bertz CT molecular complexity index is 535. The molecule has 0 radical (unpaired) electrons. The number of nitrogens with one attached hydrogen (secondary N) is 1. The van der Waals surface area contributed by atoms with Gasteiger partial charge < -0.3 is 10.4 Å². The first-order valence-corrected chi connectivity index (χ1v) is 7.25. The fourth-order valence-corrected chi connectivity index (χ4v) is 2.83. The first kappa shape index (κ1) is 15.0. The standard InChI is InChI=1S/C14H15BrFNO3/c15-11-7-8(4-5-12(11)16)13(18)17-10-3-1-2-9(6-10)14(19)20/h4-5,7,9-10H,1-3,6H2,(H,17,18)(H,19,20). The molecule has 0 spiro atoms. The van der Waals surface area contributed by atoms with E-state index in [0.29, 0.717) is 18.4 Å². The summed E-state index contributed by atoms with van der Waals surface area (Å²) in [7, 11) is 0.